The molecule has 2 heteroatoms. The van der Waals surface area contributed by atoms with Gasteiger partial charge in [-0.3, -0.25) is 0 Å². The summed E-state index contributed by atoms with van der Waals surface area (Å²) >= 11 is 0. The fourth-order valence-corrected chi connectivity index (χ4v) is 2.03. The molecule has 0 spiro atoms. The third kappa shape index (κ3) is 2.49. The normalized spacial score (nSPS) is 14.4. The zero-order valence-corrected chi connectivity index (χ0v) is 11.3. The molecule has 0 radical (unpaired) electrons. The van der Waals surface area contributed by atoms with Gasteiger partial charge in [0.1, 0.15) is 5.75 Å². The maximum absolute atomic E-state index is 6.09. The molecule has 1 unspecified atom stereocenters. The molecule has 96 valence electrons. The van der Waals surface area contributed by atoms with E-state index in [1.165, 1.54) is 5.39 Å². The molecule has 0 fully saturated rings. The van der Waals surface area contributed by atoms with E-state index in [2.05, 4.69) is 38.1 Å². The number of rotatable bonds is 4. The zero-order valence-electron chi connectivity index (χ0n) is 11.3. The van der Waals surface area contributed by atoms with Gasteiger partial charge in [0.25, 0.3) is 0 Å². The van der Waals surface area contributed by atoms with Crippen LogP contribution >= 0.6 is 0 Å². The second kappa shape index (κ2) is 5.40. The molecule has 2 N–H and O–H groups in total. The van der Waals surface area contributed by atoms with E-state index in [9.17, 15) is 0 Å². The van der Waals surface area contributed by atoms with Crippen molar-refractivity contribution in [2.24, 2.45) is 5.73 Å². The van der Waals surface area contributed by atoms with Crippen LogP contribution in [0.25, 0.3) is 10.8 Å². The van der Waals surface area contributed by atoms with Crippen molar-refractivity contribution in [3.05, 3.63) is 42.0 Å². The van der Waals surface area contributed by atoms with Crippen molar-refractivity contribution in [2.45, 2.75) is 39.3 Å². The first-order chi connectivity index (χ1) is 8.63. The summed E-state index contributed by atoms with van der Waals surface area (Å²) in [4.78, 5) is 0. The van der Waals surface area contributed by atoms with Gasteiger partial charge in [-0.05, 0) is 25.7 Å². The van der Waals surface area contributed by atoms with E-state index in [0.717, 1.165) is 23.1 Å². The van der Waals surface area contributed by atoms with Crippen LogP contribution in [0.15, 0.2) is 36.4 Å². The van der Waals surface area contributed by atoms with E-state index in [-0.39, 0.29) is 12.1 Å². The maximum atomic E-state index is 6.09. The highest BCUT2D eigenvalue weighted by Crippen LogP contribution is 2.33. The van der Waals surface area contributed by atoms with E-state index in [0.29, 0.717) is 0 Å². The maximum Gasteiger partial charge on any atom is 0.132 e. The van der Waals surface area contributed by atoms with Gasteiger partial charge in [0.2, 0.25) is 0 Å². The number of nitrogens with two attached hydrogens (primary N) is 1. The Morgan fingerprint density at radius 1 is 1.11 bits per heavy atom. The summed E-state index contributed by atoms with van der Waals surface area (Å²) in [6.07, 6.45) is 1.19. The van der Waals surface area contributed by atoms with Gasteiger partial charge in [-0.25, -0.2) is 0 Å². The van der Waals surface area contributed by atoms with Gasteiger partial charge in [0, 0.05) is 17.0 Å². The molecular formula is C16H21NO. The van der Waals surface area contributed by atoms with Crippen molar-refractivity contribution in [1.29, 1.82) is 0 Å². The van der Waals surface area contributed by atoms with Gasteiger partial charge < -0.3 is 10.5 Å². The molecule has 2 aromatic rings. The molecule has 18 heavy (non-hydrogen) atoms. The van der Waals surface area contributed by atoms with Crippen molar-refractivity contribution < 1.29 is 4.74 Å². The Morgan fingerprint density at radius 2 is 1.83 bits per heavy atom. The minimum Gasteiger partial charge on any atom is -0.490 e. The number of hydrogen-bond acceptors (Lipinski definition) is 2. The van der Waals surface area contributed by atoms with Gasteiger partial charge >= 0.3 is 0 Å². The number of benzene rings is 2. The molecule has 0 aliphatic heterocycles. The first-order valence-corrected chi connectivity index (χ1v) is 6.57. The molecular weight excluding hydrogens is 222 g/mol. The Bertz CT molecular complexity index is 534. The minimum absolute atomic E-state index is 0.0198. The average molecular weight is 243 g/mol. The molecule has 0 saturated heterocycles. The van der Waals surface area contributed by atoms with E-state index >= 15 is 0 Å². The summed E-state index contributed by atoms with van der Waals surface area (Å²) in [7, 11) is 0. The summed E-state index contributed by atoms with van der Waals surface area (Å²) in [5, 5.41) is 2.34. The van der Waals surface area contributed by atoms with Crippen LogP contribution in [-0.4, -0.2) is 6.10 Å². The molecule has 2 aromatic carbocycles. The van der Waals surface area contributed by atoms with Crippen molar-refractivity contribution in [1.82, 2.24) is 0 Å². The van der Waals surface area contributed by atoms with Crippen molar-refractivity contribution >= 4 is 10.8 Å². The molecule has 2 atom stereocenters. The van der Waals surface area contributed by atoms with Crippen LogP contribution in [0, 0.1) is 0 Å². The second-order valence-corrected chi connectivity index (χ2v) is 4.83. The summed E-state index contributed by atoms with van der Waals surface area (Å²) in [6.45, 7) is 6.21. The first kappa shape index (κ1) is 12.9. The van der Waals surface area contributed by atoms with E-state index in [1.807, 2.05) is 19.1 Å². The predicted octanol–water partition coefficient (Wildman–Crippen LogP) is 4.04. The molecule has 0 aliphatic carbocycles. The van der Waals surface area contributed by atoms with Crippen LogP contribution in [0.5, 0.6) is 5.75 Å². The van der Waals surface area contributed by atoms with Crippen LogP contribution < -0.4 is 10.5 Å². The molecule has 0 heterocycles. The molecule has 2 nitrogen and oxygen atoms in total. The Hall–Kier alpha value is -1.54. The summed E-state index contributed by atoms with van der Waals surface area (Å²) in [5.74, 6) is 0.942. The van der Waals surface area contributed by atoms with Gasteiger partial charge in [-0.2, -0.15) is 0 Å². The van der Waals surface area contributed by atoms with Crippen LogP contribution in [0.2, 0.25) is 0 Å². The summed E-state index contributed by atoms with van der Waals surface area (Å²) in [5.41, 5.74) is 7.12. The Labute approximate surface area is 109 Å². The number of fused-ring (bicyclic) bond motifs is 1. The van der Waals surface area contributed by atoms with Crippen LogP contribution in [0.1, 0.15) is 38.8 Å². The Kier molecular flexibility index (Phi) is 3.87. The Morgan fingerprint density at radius 3 is 2.50 bits per heavy atom. The van der Waals surface area contributed by atoms with Crippen molar-refractivity contribution in [2.75, 3.05) is 0 Å². The van der Waals surface area contributed by atoms with Crippen LogP contribution in [0.4, 0.5) is 0 Å². The largest absolute Gasteiger partial charge is 0.490 e. The van der Waals surface area contributed by atoms with Gasteiger partial charge in [-0.15, -0.1) is 0 Å². The summed E-state index contributed by atoms with van der Waals surface area (Å²) < 4.78 is 6.09. The smallest absolute Gasteiger partial charge is 0.132 e. The highest BCUT2D eigenvalue weighted by Gasteiger charge is 2.14. The van der Waals surface area contributed by atoms with E-state index in [1.54, 1.807) is 0 Å². The Balaban J connectivity index is 2.59. The SMILES string of the molecule is CCC(C)Oc1c([C@H](C)N)ccc2ccccc12. The number of ether oxygens (including phenoxy) is 1. The number of hydrogen-bond donors (Lipinski definition) is 1. The quantitative estimate of drug-likeness (QED) is 0.879. The highest BCUT2D eigenvalue weighted by atomic mass is 16.5. The lowest BCUT2D eigenvalue weighted by atomic mass is 10.0. The highest BCUT2D eigenvalue weighted by molar-refractivity contribution is 5.89. The fourth-order valence-electron chi connectivity index (χ4n) is 2.03. The molecule has 0 saturated carbocycles. The molecule has 0 bridgehead atoms. The third-order valence-corrected chi connectivity index (χ3v) is 3.29. The van der Waals surface area contributed by atoms with Crippen LogP contribution in [0.3, 0.4) is 0 Å². The summed E-state index contributed by atoms with van der Waals surface area (Å²) in [6, 6.07) is 12.4. The standard InChI is InChI=1S/C16H21NO/c1-4-11(2)18-16-14(12(3)17)10-9-13-7-5-6-8-15(13)16/h5-12H,4,17H2,1-3H3/t11?,12-/m0/s1. The lowest BCUT2D eigenvalue weighted by Gasteiger charge is -2.20. The van der Waals surface area contributed by atoms with Crippen LogP contribution in [-0.2, 0) is 0 Å². The van der Waals surface area contributed by atoms with Gasteiger partial charge in [0.05, 0.1) is 6.10 Å². The monoisotopic (exact) mass is 243 g/mol. The topological polar surface area (TPSA) is 35.2 Å². The lowest BCUT2D eigenvalue weighted by Crippen LogP contribution is -2.14. The van der Waals surface area contributed by atoms with E-state index < -0.39 is 0 Å². The van der Waals surface area contributed by atoms with Crippen molar-refractivity contribution in [3.8, 4) is 5.75 Å². The average Bonchev–Trinajstić information content (AvgIpc) is 2.38. The molecule has 2 rings (SSSR count). The fraction of sp³-hybridized carbons (Fsp3) is 0.375. The predicted molar refractivity (Wildman–Crippen MR) is 76.9 cm³/mol. The minimum atomic E-state index is -0.0198. The first-order valence-electron chi connectivity index (χ1n) is 6.57. The zero-order chi connectivity index (χ0) is 13.1. The molecule has 0 aromatic heterocycles. The van der Waals surface area contributed by atoms with Gasteiger partial charge in [-0.1, -0.05) is 43.3 Å². The van der Waals surface area contributed by atoms with Gasteiger partial charge in [0.15, 0.2) is 0 Å². The van der Waals surface area contributed by atoms with Crippen molar-refractivity contribution in [3.63, 3.8) is 0 Å². The molecule has 0 aliphatic rings. The second-order valence-electron chi connectivity index (χ2n) is 4.83. The molecule has 0 amide bonds. The third-order valence-electron chi connectivity index (χ3n) is 3.29. The van der Waals surface area contributed by atoms with E-state index in [4.69, 9.17) is 10.5 Å². The lowest BCUT2D eigenvalue weighted by molar-refractivity contribution is 0.217.